The molecule has 3 N–H and O–H groups in total. The number of nitrogens with zero attached hydrogens (tertiary/aromatic N) is 1. The van der Waals surface area contributed by atoms with Crippen LogP contribution in [0, 0.1) is 12.8 Å². The Bertz CT molecular complexity index is 714. The molecule has 1 aromatic rings. The number of nitrogens with one attached hydrogen (secondary N) is 1. The molecule has 8 heteroatoms. The molecule has 1 aromatic carbocycles. The lowest BCUT2D eigenvalue weighted by atomic mass is 10.0. The zero-order valence-electron chi connectivity index (χ0n) is 15.7. The molecule has 1 aliphatic heterocycles. The van der Waals surface area contributed by atoms with Crippen LogP contribution in [0.1, 0.15) is 45.1 Å². The van der Waals surface area contributed by atoms with E-state index in [0.717, 1.165) is 25.7 Å². The van der Waals surface area contributed by atoms with E-state index in [4.69, 9.17) is 5.73 Å². The predicted molar refractivity (Wildman–Crippen MR) is 107 cm³/mol. The summed E-state index contributed by atoms with van der Waals surface area (Å²) in [7, 11) is -3.55. The smallest absolute Gasteiger partial charge is 0.243 e. The van der Waals surface area contributed by atoms with Crippen molar-refractivity contribution in [1.29, 1.82) is 0 Å². The molecule has 0 radical (unpaired) electrons. The topological polar surface area (TPSA) is 92.5 Å². The van der Waals surface area contributed by atoms with E-state index in [2.05, 4.69) is 5.32 Å². The molecule has 0 bridgehead atoms. The van der Waals surface area contributed by atoms with E-state index >= 15 is 0 Å². The van der Waals surface area contributed by atoms with E-state index in [-0.39, 0.29) is 35.2 Å². The molecule has 0 aromatic heterocycles. The molecule has 1 saturated heterocycles. The predicted octanol–water partition coefficient (Wildman–Crippen LogP) is 2.90. The summed E-state index contributed by atoms with van der Waals surface area (Å²) in [6.45, 7) is 6.42. The van der Waals surface area contributed by atoms with Gasteiger partial charge in [-0.1, -0.05) is 25.8 Å². The standard InChI is InChI=1S/C18H29N3O3S.ClH/c1-13-8-9-16(20-18(22)14(2)15(3)19)12-17(13)25(23,24)21-10-6-4-5-7-11-21;/h8-9,12,14-15H,4-7,10-11,19H2,1-3H3,(H,20,22);1H. The molecule has 1 aliphatic rings. The lowest BCUT2D eigenvalue weighted by Crippen LogP contribution is -2.34. The number of carbonyl (C=O) groups excluding carboxylic acids is 1. The Kier molecular flexibility index (Phi) is 8.53. The SMILES string of the molecule is Cc1ccc(NC(=O)C(C)C(C)N)cc1S(=O)(=O)N1CCCCCC1.Cl. The summed E-state index contributed by atoms with van der Waals surface area (Å²) in [5, 5.41) is 2.78. The van der Waals surface area contributed by atoms with Gasteiger partial charge >= 0.3 is 0 Å². The van der Waals surface area contributed by atoms with Gasteiger partial charge in [0.05, 0.1) is 10.8 Å². The number of anilines is 1. The van der Waals surface area contributed by atoms with Gasteiger partial charge in [-0.05, 0) is 44.4 Å². The Morgan fingerprint density at radius 1 is 1.15 bits per heavy atom. The third-order valence-corrected chi connectivity index (χ3v) is 6.88. The van der Waals surface area contributed by atoms with Crippen molar-refractivity contribution in [3.05, 3.63) is 23.8 Å². The van der Waals surface area contributed by atoms with Crippen molar-refractivity contribution >= 4 is 34.0 Å². The highest BCUT2D eigenvalue weighted by Crippen LogP contribution is 2.26. The summed E-state index contributed by atoms with van der Waals surface area (Å²) in [5.74, 6) is -0.566. The molecule has 6 nitrogen and oxygen atoms in total. The van der Waals surface area contributed by atoms with Gasteiger partial charge in [-0.3, -0.25) is 4.79 Å². The number of sulfonamides is 1. The summed E-state index contributed by atoms with van der Waals surface area (Å²) >= 11 is 0. The van der Waals surface area contributed by atoms with Crippen LogP contribution in [-0.4, -0.2) is 37.8 Å². The first-order chi connectivity index (χ1) is 11.7. The van der Waals surface area contributed by atoms with Crippen LogP contribution >= 0.6 is 12.4 Å². The van der Waals surface area contributed by atoms with Gasteiger partial charge in [0.15, 0.2) is 0 Å². The van der Waals surface area contributed by atoms with Crippen molar-refractivity contribution < 1.29 is 13.2 Å². The first-order valence-corrected chi connectivity index (χ1v) is 10.3. The van der Waals surface area contributed by atoms with Crippen molar-refractivity contribution in [3.8, 4) is 0 Å². The highest BCUT2D eigenvalue weighted by molar-refractivity contribution is 7.89. The quantitative estimate of drug-likeness (QED) is 0.790. The van der Waals surface area contributed by atoms with Gasteiger partial charge in [0.2, 0.25) is 15.9 Å². The molecule has 2 unspecified atom stereocenters. The van der Waals surface area contributed by atoms with E-state index in [1.54, 1.807) is 43.3 Å². The van der Waals surface area contributed by atoms with Crippen molar-refractivity contribution in [2.45, 2.75) is 57.4 Å². The Hall–Kier alpha value is -1.15. The molecule has 0 spiro atoms. The Labute approximate surface area is 163 Å². The van der Waals surface area contributed by atoms with Crippen LogP contribution in [0.15, 0.2) is 23.1 Å². The maximum absolute atomic E-state index is 13.0. The van der Waals surface area contributed by atoms with Crippen LogP contribution in [0.5, 0.6) is 0 Å². The third-order valence-electron chi connectivity index (χ3n) is 4.84. The van der Waals surface area contributed by atoms with Gasteiger partial charge in [0, 0.05) is 24.8 Å². The summed E-state index contributed by atoms with van der Waals surface area (Å²) in [6.07, 6.45) is 3.91. The Morgan fingerprint density at radius 3 is 2.27 bits per heavy atom. The fourth-order valence-corrected chi connectivity index (χ4v) is 4.64. The van der Waals surface area contributed by atoms with Crippen molar-refractivity contribution in [3.63, 3.8) is 0 Å². The van der Waals surface area contributed by atoms with Crippen LogP contribution in [0.2, 0.25) is 0 Å². The fourth-order valence-electron chi connectivity index (χ4n) is 2.87. The van der Waals surface area contributed by atoms with E-state index in [1.165, 1.54) is 0 Å². The third kappa shape index (κ3) is 5.42. The maximum atomic E-state index is 13.0. The number of aryl methyl sites for hydroxylation is 1. The number of amides is 1. The number of hydrogen-bond acceptors (Lipinski definition) is 4. The van der Waals surface area contributed by atoms with E-state index in [9.17, 15) is 13.2 Å². The molecule has 2 atom stereocenters. The van der Waals surface area contributed by atoms with Gasteiger partial charge in [0.25, 0.3) is 0 Å². The van der Waals surface area contributed by atoms with Crippen molar-refractivity contribution in [1.82, 2.24) is 4.31 Å². The molecule has 0 saturated carbocycles. The Morgan fingerprint density at radius 2 is 1.73 bits per heavy atom. The fraction of sp³-hybridized carbons (Fsp3) is 0.611. The average Bonchev–Trinajstić information content (AvgIpc) is 2.85. The number of nitrogens with two attached hydrogens (primary N) is 1. The largest absolute Gasteiger partial charge is 0.327 e. The summed E-state index contributed by atoms with van der Waals surface area (Å²) < 4.78 is 27.6. The number of hydrogen-bond donors (Lipinski definition) is 2. The van der Waals surface area contributed by atoms with Gasteiger partial charge < -0.3 is 11.1 Å². The summed E-state index contributed by atoms with van der Waals surface area (Å²) in [6, 6.07) is 4.74. The van der Waals surface area contributed by atoms with Gasteiger partial charge in [-0.15, -0.1) is 12.4 Å². The minimum absolute atomic E-state index is 0. The molecular formula is C18H30ClN3O3S. The molecule has 0 aliphatic carbocycles. The van der Waals surface area contributed by atoms with Crippen LogP contribution < -0.4 is 11.1 Å². The lowest BCUT2D eigenvalue weighted by molar-refractivity contribution is -0.119. The minimum atomic E-state index is -3.55. The minimum Gasteiger partial charge on any atom is -0.327 e. The number of benzene rings is 1. The van der Waals surface area contributed by atoms with Crippen LogP contribution in [0.25, 0.3) is 0 Å². The van der Waals surface area contributed by atoms with Crippen LogP contribution in [0.3, 0.4) is 0 Å². The Balaban J connectivity index is 0.00000338. The monoisotopic (exact) mass is 403 g/mol. The molecule has 1 amide bonds. The molecule has 1 heterocycles. The first kappa shape index (κ1) is 22.9. The second-order valence-electron chi connectivity index (χ2n) is 6.94. The molecule has 2 rings (SSSR count). The van der Waals surface area contributed by atoms with E-state index < -0.39 is 10.0 Å². The van der Waals surface area contributed by atoms with Crippen LogP contribution in [0.4, 0.5) is 5.69 Å². The molecule has 1 fully saturated rings. The summed E-state index contributed by atoms with van der Waals surface area (Å²) in [4.78, 5) is 12.5. The zero-order chi connectivity index (χ0) is 18.6. The highest BCUT2D eigenvalue weighted by Gasteiger charge is 2.27. The first-order valence-electron chi connectivity index (χ1n) is 8.90. The van der Waals surface area contributed by atoms with Crippen molar-refractivity contribution in [2.24, 2.45) is 11.7 Å². The second-order valence-corrected chi connectivity index (χ2v) is 8.84. The van der Waals surface area contributed by atoms with E-state index in [1.807, 2.05) is 0 Å². The van der Waals surface area contributed by atoms with Gasteiger partial charge in [-0.2, -0.15) is 4.31 Å². The maximum Gasteiger partial charge on any atom is 0.243 e. The molecule has 148 valence electrons. The second kappa shape index (κ2) is 9.69. The van der Waals surface area contributed by atoms with Crippen molar-refractivity contribution in [2.75, 3.05) is 18.4 Å². The van der Waals surface area contributed by atoms with Gasteiger partial charge in [-0.25, -0.2) is 8.42 Å². The highest BCUT2D eigenvalue weighted by atomic mass is 35.5. The molecular weight excluding hydrogens is 374 g/mol. The lowest BCUT2D eigenvalue weighted by Gasteiger charge is -2.22. The van der Waals surface area contributed by atoms with Gasteiger partial charge in [0.1, 0.15) is 0 Å². The van der Waals surface area contributed by atoms with E-state index in [0.29, 0.717) is 24.3 Å². The number of rotatable bonds is 5. The normalized spacial score (nSPS) is 18.3. The summed E-state index contributed by atoms with van der Waals surface area (Å²) in [5.41, 5.74) is 6.93. The number of halogens is 1. The molecule has 26 heavy (non-hydrogen) atoms. The zero-order valence-corrected chi connectivity index (χ0v) is 17.3. The average molecular weight is 404 g/mol. The van der Waals surface area contributed by atoms with Crippen LogP contribution in [-0.2, 0) is 14.8 Å². The number of carbonyl (C=O) groups is 1.